The fraction of sp³-hybridized carbons (Fsp3) is 0.625. The van der Waals surface area contributed by atoms with Crippen molar-refractivity contribution >= 4 is 0 Å². The lowest BCUT2D eigenvalue weighted by Crippen LogP contribution is -1.88. The molecule has 1 heteroatoms. The van der Waals surface area contributed by atoms with Crippen molar-refractivity contribution in [2.75, 3.05) is 0 Å². The number of nitrogens with zero attached hydrogens (tertiary/aromatic N) is 1. The summed E-state index contributed by atoms with van der Waals surface area (Å²) in [5.74, 6) is 0.520. The van der Waals surface area contributed by atoms with Crippen molar-refractivity contribution in [1.29, 1.82) is 5.26 Å². The summed E-state index contributed by atoms with van der Waals surface area (Å²) in [6, 6.07) is 2.14. The Morgan fingerprint density at radius 1 is 1.67 bits per heavy atom. The molecule has 0 aromatic carbocycles. The van der Waals surface area contributed by atoms with Crippen LogP contribution in [0.5, 0.6) is 0 Å². The molecule has 0 amide bonds. The second-order valence-electron chi connectivity index (χ2n) is 2.27. The predicted molar refractivity (Wildman–Crippen MR) is 38.8 cm³/mol. The fourth-order valence-corrected chi connectivity index (χ4v) is 0.608. The van der Waals surface area contributed by atoms with Crippen molar-refractivity contribution in [1.82, 2.24) is 0 Å². The summed E-state index contributed by atoms with van der Waals surface area (Å²) in [5.41, 5.74) is 0. The summed E-state index contributed by atoms with van der Waals surface area (Å²) in [5, 5.41) is 8.26. The van der Waals surface area contributed by atoms with Gasteiger partial charge >= 0.3 is 0 Å². The molecule has 0 saturated heterocycles. The van der Waals surface area contributed by atoms with E-state index in [2.05, 4.69) is 19.1 Å². The topological polar surface area (TPSA) is 23.8 Å². The number of nitriles is 1. The summed E-state index contributed by atoms with van der Waals surface area (Å²) >= 11 is 0. The third-order valence-electron chi connectivity index (χ3n) is 1.21. The molecule has 0 spiro atoms. The molecule has 50 valence electrons. The maximum atomic E-state index is 8.26. The Hall–Kier alpha value is -0.770. The van der Waals surface area contributed by atoms with E-state index >= 15 is 0 Å². The average Bonchev–Trinajstić information content (AvgIpc) is 1.85. The normalized spacial score (nSPS) is 13.4. The second-order valence-corrected chi connectivity index (χ2v) is 2.27. The Balaban J connectivity index is 3.29. The number of rotatable bonds is 3. The monoisotopic (exact) mass is 123 g/mol. The Morgan fingerprint density at radius 3 is 2.78 bits per heavy atom. The van der Waals surface area contributed by atoms with Crippen LogP contribution in [-0.4, -0.2) is 0 Å². The molecule has 0 heterocycles. The maximum Gasteiger partial charge on any atom is 0.0624 e. The number of hydrogen-bond donors (Lipinski definition) is 0. The van der Waals surface area contributed by atoms with Gasteiger partial charge in [0.05, 0.1) is 6.07 Å². The van der Waals surface area contributed by atoms with Crippen LogP contribution in [0.1, 0.15) is 26.7 Å². The first-order chi connectivity index (χ1) is 4.31. The van der Waals surface area contributed by atoms with Crippen LogP contribution in [-0.2, 0) is 0 Å². The van der Waals surface area contributed by atoms with E-state index in [1.165, 1.54) is 0 Å². The molecular weight excluding hydrogens is 110 g/mol. The lowest BCUT2D eigenvalue weighted by atomic mass is 10.1. The van der Waals surface area contributed by atoms with Crippen molar-refractivity contribution < 1.29 is 0 Å². The Kier molecular flexibility index (Phi) is 4.91. The van der Waals surface area contributed by atoms with Gasteiger partial charge in [-0.25, -0.2) is 0 Å². The Bertz CT molecular complexity index is 119. The molecular formula is C8H13N. The predicted octanol–water partition coefficient (Wildman–Crippen LogP) is 2.50. The van der Waals surface area contributed by atoms with E-state index in [4.69, 9.17) is 5.26 Å². The first-order valence-electron chi connectivity index (χ1n) is 3.29. The van der Waals surface area contributed by atoms with Crippen LogP contribution in [0.25, 0.3) is 0 Å². The Morgan fingerprint density at radius 2 is 2.33 bits per heavy atom. The van der Waals surface area contributed by atoms with Crippen LogP contribution in [0.15, 0.2) is 12.2 Å². The summed E-state index contributed by atoms with van der Waals surface area (Å²) in [7, 11) is 0. The first kappa shape index (κ1) is 8.23. The molecule has 0 bridgehead atoms. The zero-order valence-electron chi connectivity index (χ0n) is 6.09. The summed E-state index contributed by atoms with van der Waals surface area (Å²) in [6.45, 7) is 4.09. The van der Waals surface area contributed by atoms with Crippen molar-refractivity contribution in [3.8, 4) is 6.07 Å². The van der Waals surface area contributed by atoms with Crippen LogP contribution < -0.4 is 0 Å². The highest BCUT2D eigenvalue weighted by atomic mass is 14.2. The van der Waals surface area contributed by atoms with Gasteiger partial charge in [0, 0.05) is 6.42 Å². The van der Waals surface area contributed by atoms with Gasteiger partial charge in [-0.2, -0.15) is 5.26 Å². The van der Waals surface area contributed by atoms with E-state index in [9.17, 15) is 0 Å². The molecule has 0 N–H and O–H groups in total. The van der Waals surface area contributed by atoms with Crippen molar-refractivity contribution in [3.05, 3.63) is 12.2 Å². The highest BCUT2D eigenvalue weighted by Crippen LogP contribution is 2.05. The molecule has 0 aliphatic heterocycles. The smallest absolute Gasteiger partial charge is 0.0624 e. The summed E-state index contributed by atoms with van der Waals surface area (Å²) in [4.78, 5) is 0. The molecule has 0 aromatic heterocycles. The Labute approximate surface area is 57.0 Å². The molecule has 0 saturated carbocycles. The molecule has 1 atom stereocenters. The summed E-state index contributed by atoms with van der Waals surface area (Å²) in [6.07, 6.45) is 5.82. The van der Waals surface area contributed by atoms with Gasteiger partial charge in [0.1, 0.15) is 0 Å². The van der Waals surface area contributed by atoms with E-state index in [0.29, 0.717) is 12.3 Å². The number of hydrogen-bond acceptors (Lipinski definition) is 1. The largest absolute Gasteiger partial charge is 0.198 e. The molecule has 1 nitrogen and oxygen atoms in total. The molecule has 0 aliphatic rings. The maximum absolute atomic E-state index is 8.26. The minimum absolute atomic E-state index is 0.520. The minimum atomic E-state index is 0.520. The van der Waals surface area contributed by atoms with E-state index in [-0.39, 0.29) is 0 Å². The lowest BCUT2D eigenvalue weighted by Gasteiger charge is -1.99. The van der Waals surface area contributed by atoms with Crippen LogP contribution >= 0.6 is 0 Å². The van der Waals surface area contributed by atoms with E-state index in [0.717, 1.165) is 6.42 Å². The molecule has 0 unspecified atom stereocenters. The third-order valence-corrected chi connectivity index (χ3v) is 1.21. The van der Waals surface area contributed by atoms with E-state index in [1.54, 1.807) is 0 Å². The van der Waals surface area contributed by atoms with Gasteiger partial charge in [0.25, 0.3) is 0 Å². The van der Waals surface area contributed by atoms with Gasteiger partial charge in [0.2, 0.25) is 0 Å². The quantitative estimate of drug-likeness (QED) is 0.529. The zero-order chi connectivity index (χ0) is 7.11. The second kappa shape index (κ2) is 5.37. The third kappa shape index (κ3) is 5.10. The van der Waals surface area contributed by atoms with Gasteiger partial charge in [-0.05, 0) is 19.3 Å². The van der Waals surface area contributed by atoms with E-state index < -0.39 is 0 Å². The van der Waals surface area contributed by atoms with E-state index in [1.807, 2.05) is 13.0 Å². The lowest BCUT2D eigenvalue weighted by molar-refractivity contribution is 0.609. The van der Waals surface area contributed by atoms with Gasteiger partial charge in [-0.3, -0.25) is 0 Å². The van der Waals surface area contributed by atoms with Gasteiger partial charge < -0.3 is 0 Å². The highest BCUT2D eigenvalue weighted by Gasteiger charge is 1.95. The van der Waals surface area contributed by atoms with Gasteiger partial charge in [-0.1, -0.05) is 19.1 Å². The first-order valence-corrected chi connectivity index (χ1v) is 3.29. The molecule has 0 aromatic rings. The molecule has 0 rings (SSSR count). The highest BCUT2D eigenvalue weighted by molar-refractivity contribution is 4.82. The van der Waals surface area contributed by atoms with Crippen LogP contribution in [0.2, 0.25) is 0 Å². The fourth-order valence-electron chi connectivity index (χ4n) is 0.608. The van der Waals surface area contributed by atoms with Gasteiger partial charge in [0.15, 0.2) is 0 Å². The van der Waals surface area contributed by atoms with Crippen LogP contribution in [0, 0.1) is 17.2 Å². The van der Waals surface area contributed by atoms with Crippen molar-refractivity contribution in [2.45, 2.75) is 26.7 Å². The average molecular weight is 123 g/mol. The SMILES string of the molecule is CC=CC[C@@H](C)CC#N. The molecule has 9 heavy (non-hydrogen) atoms. The summed E-state index contributed by atoms with van der Waals surface area (Å²) < 4.78 is 0. The van der Waals surface area contributed by atoms with Gasteiger partial charge in [-0.15, -0.1) is 0 Å². The zero-order valence-corrected chi connectivity index (χ0v) is 6.09. The number of allylic oxidation sites excluding steroid dienone is 2. The van der Waals surface area contributed by atoms with Crippen molar-refractivity contribution in [2.24, 2.45) is 5.92 Å². The van der Waals surface area contributed by atoms with Crippen LogP contribution in [0.3, 0.4) is 0 Å². The standard InChI is InChI=1S/C8H13N/c1-3-4-5-8(2)6-7-9/h3-4,8H,5-6H2,1-2H3/t8-/m1/s1. The molecule has 0 fully saturated rings. The molecule has 0 aliphatic carbocycles. The minimum Gasteiger partial charge on any atom is -0.198 e. The van der Waals surface area contributed by atoms with Crippen molar-refractivity contribution in [3.63, 3.8) is 0 Å². The van der Waals surface area contributed by atoms with Crippen LogP contribution in [0.4, 0.5) is 0 Å². The molecule has 0 radical (unpaired) electrons.